The zero-order valence-corrected chi connectivity index (χ0v) is 10.9. The van der Waals surface area contributed by atoms with Gasteiger partial charge < -0.3 is 10.2 Å². The standard InChI is InChI=1S/C9H11Cl2NO4S/c10-7-2-1-3-8(9(7)11)17(15,16)12-6(4-13)5-14/h1-3,6,12-14H,4-5H2. The van der Waals surface area contributed by atoms with Crippen LogP contribution in [0.1, 0.15) is 0 Å². The number of aliphatic hydroxyl groups excluding tert-OH is 2. The van der Waals surface area contributed by atoms with Crippen molar-refractivity contribution in [2.75, 3.05) is 13.2 Å². The second kappa shape index (κ2) is 5.99. The number of rotatable bonds is 5. The molecule has 0 heterocycles. The van der Waals surface area contributed by atoms with Gasteiger partial charge in [0.15, 0.2) is 0 Å². The highest BCUT2D eigenvalue weighted by Crippen LogP contribution is 2.28. The Morgan fingerprint density at radius 1 is 1.24 bits per heavy atom. The first-order valence-electron chi connectivity index (χ1n) is 4.60. The second-order valence-corrected chi connectivity index (χ2v) is 5.70. The Morgan fingerprint density at radius 3 is 2.35 bits per heavy atom. The molecule has 1 rings (SSSR count). The van der Waals surface area contributed by atoms with E-state index in [1.807, 2.05) is 0 Å². The van der Waals surface area contributed by atoms with Gasteiger partial charge in [0.05, 0.1) is 29.3 Å². The summed E-state index contributed by atoms with van der Waals surface area (Å²) in [5, 5.41) is 17.6. The van der Waals surface area contributed by atoms with Crippen LogP contribution in [0.15, 0.2) is 23.1 Å². The minimum absolute atomic E-state index is 0.101. The number of aliphatic hydroxyl groups is 2. The van der Waals surface area contributed by atoms with Gasteiger partial charge >= 0.3 is 0 Å². The van der Waals surface area contributed by atoms with Crippen molar-refractivity contribution in [3.05, 3.63) is 28.2 Å². The van der Waals surface area contributed by atoms with Gasteiger partial charge in [0.2, 0.25) is 10.0 Å². The van der Waals surface area contributed by atoms with Crippen LogP contribution in [0.4, 0.5) is 0 Å². The summed E-state index contributed by atoms with van der Waals surface area (Å²) < 4.78 is 25.8. The first kappa shape index (κ1) is 14.7. The molecule has 1 aromatic rings. The summed E-state index contributed by atoms with van der Waals surface area (Å²) >= 11 is 11.5. The highest BCUT2D eigenvalue weighted by atomic mass is 35.5. The Hall–Kier alpha value is -0.370. The number of sulfonamides is 1. The molecule has 0 unspecified atom stereocenters. The average molecular weight is 300 g/mol. The Bertz CT molecular complexity index is 488. The van der Waals surface area contributed by atoms with Gasteiger partial charge in [0.25, 0.3) is 0 Å². The van der Waals surface area contributed by atoms with Gasteiger partial charge in [-0.25, -0.2) is 13.1 Å². The van der Waals surface area contributed by atoms with Crippen LogP contribution >= 0.6 is 23.2 Å². The zero-order valence-electron chi connectivity index (χ0n) is 8.60. The van der Waals surface area contributed by atoms with Crippen molar-refractivity contribution in [2.45, 2.75) is 10.9 Å². The topological polar surface area (TPSA) is 86.6 Å². The molecule has 96 valence electrons. The molecule has 0 saturated carbocycles. The van der Waals surface area contributed by atoms with E-state index < -0.39 is 29.3 Å². The van der Waals surface area contributed by atoms with Crippen molar-refractivity contribution in [3.8, 4) is 0 Å². The molecule has 8 heteroatoms. The third-order valence-corrected chi connectivity index (χ3v) is 4.46. The molecule has 0 spiro atoms. The summed E-state index contributed by atoms with van der Waals surface area (Å²) in [6.45, 7) is -1.04. The van der Waals surface area contributed by atoms with Crippen molar-refractivity contribution in [2.24, 2.45) is 0 Å². The lowest BCUT2D eigenvalue weighted by molar-refractivity contribution is 0.185. The van der Waals surface area contributed by atoms with Crippen molar-refractivity contribution >= 4 is 33.2 Å². The first-order valence-corrected chi connectivity index (χ1v) is 6.84. The third-order valence-electron chi connectivity index (χ3n) is 1.97. The summed E-state index contributed by atoms with van der Waals surface area (Å²) in [5.74, 6) is 0. The molecular weight excluding hydrogens is 289 g/mol. The fraction of sp³-hybridized carbons (Fsp3) is 0.333. The van der Waals surface area contributed by atoms with Crippen LogP contribution in [0.5, 0.6) is 0 Å². The normalized spacial score (nSPS) is 12.1. The van der Waals surface area contributed by atoms with Crippen LogP contribution in [-0.4, -0.2) is 37.9 Å². The van der Waals surface area contributed by atoms with Crippen LogP contribution in [0.2, 0.25) is 10.0 Å². The minimum atomic E-state index is -3.92. The van der Waals surface area contributed by atoms with Gasteiger partial charge in [0.1, 0.15) is 4.90 Å². The molecule has 0 radical (unpaired) electrons. The lowest BCUT2D eigenvalue weighted by Gasteiger charge is -2.14. The maximum Gasteiger partial charge on any atom is 0.242 e. The van der Waals surface area contributed by atoms with E-state index in [9.17, 15) is 8.42 Å². The van der Waals surface area contributed by atoms with E-state index in [-0.39, 0.29) is 14.9 Å². The molecule has 0 atom stereocenters. The molecule has 0 amide bonds. The Balaban J connectivity index is 3.09. The van der Waals surface area contributed by atoms with Crippen LogP contribution in [0.3, 0.4) is 0 Å². The molecule has 0 aliphatic heterocycles. The molecule has 0 aromatic heterocycles. The highest BCUT2D eigenvalue weighted by Gasteiger charge is 2.22. The largest absolute Gasteiger partial charge is 0.395 e. The molecule has 0 saturated heterocycles. The monoisotopic (exact) mass is 299 g/mol. The molecule has 0 aliphatic rings. The number of hydrogen-bond acceptors (Lipinski definition) is 4. The molecule has 3 N–H and O–H groups in total. The Labute approximate surface area is 109 Å². The van der Waals surface area contributed by atoms with E-state index >= 15 is 0 Å². The van der Waals surface area contributed by atoms with Crippen molar-refractivity contribution in [1.82, 2.24) is 4.72 Å². The minimum Gasteiger partial charge on any atom is -0.395 e. The molecule has 1 aromatic carbocycles. The van der Waals surface area contributed by atoms with Gasteiger partial charge in [-0.3, -0.25) is 0 Å². The molecule has 0 aliphatic carbocycles. The highest BCUT2D eigenvalue weighted by molar-refractivity contribution is 7.89. The lowest BCUT2D eigenvalue weighted by atomic mass is 10.4. The number of nitrogens with one attached hydrogen (secondary N) is 1. The summed E-state index contributed by atoms with van der Waals surface area (Å²) in [5.41, 5.74) is 0. The molecular formula is C9H11Cl2NO4S. The Morgan fingerprint density at radius 2 is 1.82 bits per heavy atom. The number of hydrogen-bond donors (Lipinski definition) is 3. The third kappa shape index (κ3) is 3.54. The Kier molecular flexibility index (Phi) is 5.18. The summed E-state index contributed by atoms with van der Waals surface area (Å²) in [6, 6.07) is 3.20. The van der Waals surface area contributed by atoms with Crippen molar-refractivity contribution in [3.63, 3.8) is 0 Å². The fourth-order valence-corrected chi connectivity index (χ4v) is 3.09. The maximum absolute atomic E-state index is 11.9. The van der Waals surface area contributed by atoms with Gasteiger partial charge in [-0.1, -0.05) is 29.3 Å². The zero-order chi connectivity index (χ0) is 13.1. The second-order valence-electron chi connectivity index (χ2n) is 3.24. The van der Waals surface area contributed by atoms with Crippen molar-refractivity contribution in [1.29, 1.82) is 0 Å². The van der Waals surface area contributed by atoms with Crippen LogP contribution < -0.4 is 4.72 Å². The van der Waals surface area contributed by atoms with Crippen LogP contribution in [-0.2, 0) is 10.0 Å². The number of benzene rings is 1. The molecule has 0 bridgehead atoms. The predicted octanol–water partition coefficient (Wildman–Crippen LogP) is 0.625. The van der Waals surface area contributed by atoms with Gasteiger partial charge in [0, 0.05) is 0 Å². The molecule has 0 fully saturated rings. The summed E-state index contributed by atoms with van der Waals surface area (Å²) in [6.07, 6.45) is 0. The molecule has 17 heavy (non-hydrogen) atoms. The summed E-state index contributed by atoms with van der Waals surface area (Å²) in [4.78, 5) is -0.196. The van der Waals surface area contributed by atoms with Gasteiger partial charge in [-0.05, 0) is 12.1 Å². The smallest absolute Gasteiger partial charge is 0.242 e. The quantitative estimate of drug-likeness (QED) is 0.744. The SMILES string of the molecule is O=S(=O)(NC(CO)CO)c1cccc(Cl)c1Cl. The van der Waals surface area contributed by atoms with E-state index in [0.717, 1.165) is 0 Å². The van der Waals surface area contributed by atoms with Crippen LogP contribution in [0.25, 0.3) is 0 Å². The van der Waals surface area contributed by atoms with Gasteiger partial charge in [-0.15, -0.1) is 0 Å². The van der Waals surface area contributed by atoms with E-state index in [0.29, 0.717) is 0 Å². The van der Waals surface area contributed by atoms with E-state index in [1.165, 1.54) is 18.2 Å². The molecule has 5 nitrogen and oxygen atoms in total. The lowest BCUT2D eigenvalue weighted by Crippen LogP contribution is -2.40. The average Bonchev–Trinajstić information content (AvgIpc) is 2.29. The number of halogens is 2. The maximum atomic E-state index is 11.9. The summed E-state index contributed by atoms with van der Waals surface area (Å²) in [7, 11) is -3.92. The predicted molar refractivity (Wildman–Crippen MR) is 64.7 cm³/mol. The van der Waals surface area contributed by atoms with E-state index in [1.54, 1.807) is 0 Å². The van der Waals surface area contributed by atoms with Crippen molar-refractivity contribution < 1.29 is 18.6 Å². The van der Waals surface area contributed by atoms with Crippen LogP contribution in [0, 0.1) is 0 Å². The fourth-order valence-electron chi connectivity index (χ4n) is 1.11. The first-order chi connectivity index (χ1) is 7.92. The van der Waals surface area contributed by atoms with Gasteiger partial charge in [-0.2, -0.15) is 0 Å². The van der Waals surface area contributed by atoms with E-state index in [2.05, 4.69) is 4.72 Å². The van der Waals surface area contributed by atoms with E-state index in [4.69, 9.17) is 33.4 Å².